The van der Waals surface area contributed by atoms with Crippen molar-refractivity contribution in [3.8, 4) is 12.3 Å². The fourth-order valence-electron chi connectivity index (χ4n) is 1.38. The van der Waals surface area contributed by atoms with Crippen molar-refractivity contribution >= 4 is 34.1 Å². The second-order valence-electron chi connectivity index (χ2n) is 3.69. The topological polar surface area (TPSA) is 54.9 Å². The van der Waals surface area contributed by atoms with Gasteiger partial charge >= 0.3 is 0 Å². The summed E-state index contributed by atoms with van der Waals surface area (Å²) in [5.41, 5.74) is 1.64. The Morgan fingerprint density at radius 2 is 2.37 bits per heavy atom. The molecule has 0 saturated carbocycles. The van der Waals surface area contributed by atoms with Gasteiger partial charge in [-0.25, -0.2) is 0 Å². The molecular formula is C13H11N3OS2. The fraction of sp³-hybridized carbons (Fsp3) is 0.154. The van der Waals surface area contributed by atoms with E-state index in [1.165, 1.54) is 23.1 Å². The number of rotatable bonds is 4. The van der Waals surface area contributed by atoms with Crippen LogP contribution in [0.2, 0.25) is 0 Å². The second-order valence-corrected chi connectivity index (χ2v) is 5.89. The molecule has 19 heavy (non-hydrogen) atoms. The Hall–Kier alpha value is -1.84. The van der Waals surface area contributed by atoms with Crippen molar-refractivity contribution in [3.05, 3.63) is 35.4 Å². The molecule has 0 bridgehead atoms. The van der Waals surface area contributed by atoms with Crippen molar-refractivity contribution in [2.24, 2.45) is 0 Å². The van der Waals surface area contributed by atoms with E-state index in [2.05, 4.69) is 21.4 Å². The number of hydrogen-bond acceptors (Lipinski definition) is 5. The van der Waals surface area contributed by atoms with E-state index in [0.29, 0.717) is 16.4 Å². The smallest absolute Gasteiger partial charge is 0.257 e. The van der Waals surface area contributed by atoms with Gasteiger partial charge in [-0.05, 0) is 19.1 Å². The molecule has 0 fully saturated rings. The zero-order valence-electron chi connectivity index (χ0n) is 10.2. The van der Waals surface area contributed by atoms with E-state index in [0.717, 1.165) is 9.90 Å². The third kappa shape index (κ3) is 3.81. The van der Waals surface area contributed by atoms with E-state index in [4.69, 9.17) is 6.42 Å². The quantitative estimate of drug-likeness (QED) is 0.534. The Kier molecular flexibility index (Phi) is 4.55. The number of aryl methyl sites for hydroxylation is 1. The third-order valence-corrected chi connectivity index (χ3v) is 4.06. The number of hydrogen-bond donors (Lipinski definition) is 1. The van der Waals surface area contributed by atoms with Crippen LogP contribution in [-0.2, 0) is 0 Å². The number of nitrogens with zero attached hydrogens (tertiary/aromatic N) is 2. The second kappa shape index (κ2) is 6.36. The zero-order chi connectivity index (χ0) is 13.7. The van der Waals surface area contributed by atoms with Crippen LogP contribution in [0.25, 0.3) is 0 Å². The Balaban J connectivity index is 2.03. The van der Waals surface area contributed by atoms with Gasteiger partial charge in [0.2, 0.25) is 5.13 Å². The van der Waals surface area contributed by atoms with Gasteiger partial charge in [-0.3, -0.25) is 10.1 Å². The van der Waals surface area contributed by atoms with Gasteiger partial charge in [0.1, 0.15) is 0 Å². The monoisotopic (exact) mass is 289 g/mol. The summed E-state index contributed by atoms with van der Waals surface area (Å²) in [4.78, 5) is 12.0. The van der Waals surface area contributed by atoms with E-state index >= 15 is 0 Å². The fourth-order valence-corrected chi connectivity index (χ4v) is 2.80. The summed E-state index contributed by atoms with van der Waals surface area (Å²) < 4.78 is 0.748. The first-order valence-corrected chi connectivity index (χ1v) is 7.27. The molecule has 2 rings (SSSR count). The number of amides is 1. The SMILES string of the molecule is C#CCSc1nnc(NC(=O)c2cccc(C)c2)s1. The molecule has 1 amide bonds. The molecule has 0 radical (unpaired) electrons. The van der Waals surface area contributed by atoms with Crippen LogP contribution in [0.1, 0.15) is 15.9 Å². The van der Waals surface area contributed by atoms with Crippen LogP contribution in [-0.4, -0.2) is 21.9 Å². The van der Waals surface area contributed by atoms with Gasteiger partial charge in [0.05, 0.1) is 5.75 Å². The molecule has 0 saturated heterocycles. The zero-order valence-corrected chi connectivity index (χ0v) is 11.8. The Bertz CT molecular complexity index is 631. The van der Waals surface area contributed by atoms with E-state index in [-0.39, 0.29) is 5.91 Å². The van der Waals surface area contributed by atoms with Crippen LogP contribution in [0.4, 0.5) is 5.13 Å². The highest BCUT2D eigenvalue weighted by Crippen LogP contribution is 2.25. The van der Waals surface area contributed by atoms with Crippen molar-refractivity contribution in [2.45, 2.75) is 11.3 Å². The highest BCUT2D eigenvalue weighted by Gasteiger charge is 2.10. The predicted molar refractivity (Wildman–Crippen MR) is 78.6 cm³/mol. The molecule has 1 aromatic heterocycles. The first kappa shape index (κ1) is 13.6. The van der Waals surface area contributed by atoms with E-state index in [1.807, 2.05) is 25.1 Å². The van der Waals surface area contributed by atoms with Gasteiger partial charge in [0.25, 0.3) is 5.91 Å². The number of benzene rings is 1. The molecule has 4 nitrogen and oxygen atoms in total. The Labute approximate surface area is 119 Å². The van der Waals surface area contributed by atoms with Gasteiger partial charge in [0, 0.05) is 5.56 Å². The highest BCUT2D eigenvalue weighted by atomic mass is 32.2. The van der Waals surface area contributed by atoms with Gasteiger partial charge in [-0.1, -0.05) is 46.7 Å². The van der Waals surface area contributed by atoms with E-state index < -0.39 is 0 Å². The number of thioether (sulfide) groups is 1. The number of anilines is 1. The van der Waals surface area contributed by atoms with Crippen molar-refractivity contribution in [1.82, 2.24) is 10.2 Å². The lowest BCUT2D eigenvalue weighted by Gasteiger charge is -2.01. The van der Waals surface area contributed by atoms with E-state index in [1.54, 1.807) is 6.07 Å². The molecule has 2 aromatic rings. The molecule has 0 aliphatic heterocycles. The summed E-state index contributed by atoms with van der Waals surface area (Å²) in [6, 6.07) is 7.37. The number of nitrogens with one attached hydrogen (secondary N) is 1. The number of terminal acetylenes is 1. The van der Waals surface area contributed by atoms with Crippen LogP contribution in [0.15, 0.2) is 28.6 Å². The number of aromatic nitrogens is 2. The minimum absolute atomic E-state index is 0.187. The first-order chi connectivity index (χ1) is 9.19. The average molecular weight is 289 g/mol. The average Bonchev–Trinajstić information content (AvgIpc) is 2.84. The number of carbonyl (C=O) groups excluding carboxylic acids is 1. The van der Waals surface area contributed by atoms with Gasteiger partial charge < -0.3 is 0 Å². The summed E-state index contributed by atoms with van der Waals surface area (Å²) in [6.07, 6.45) is 5.17. The summed E-state index contributed by atoms with van der Waals surface area (Å²) in [5.74, 6) is 2.87. The minimum Gasteiger partial charge on any atom is -0.296 e. The molecule has 0 atom stereocenters. The summed E-state index contributed by atoms with van der Waals surface area (Å²) in [6.45, 7) is 1.94. The maximum atomic E-state index is 12.0. The molecule has 1 heterocycles. The van der Waals surface area contributed by atoms with E-state index in [9.17, 15) is 4.79 Å². The molecular weight excluding hydrogens is 278 g/mol. The summed E-state index contributed by atoms with van der Waals surface area (Å²) in [7, 11) is 0. The van der Waals surface area contributed by atoms with Crippen LogP contribution in [0.5, 0.6) is 0 Å². The predicted octanol–water partition coefficient (Wildman–Crippen LogP) is 2.82. The van der Waals surface area contributed by atoms with Crippen molar-refractivity contribution in [1.29, 1.82) is 0 Å². The standard InChI is InChI=1S/C13H11N3OS2/c1-3-7-18-13-16-15-12(19-13)14-11(17)10-6-4-5-9(2)8-10/h1,4-6,8H,7H2,2H3,(H,14,15,17). The third-order valence-electron chi connectivity index (χ3n) is 2.19. The first-order valence-electron chi connectivity index (χ1n) is 5.47. The largest absolute Gasteiger partial charge is 0.296 e. The minimum atomic E-state index is -0.187. The normalized spacial score (nSPS) is 9.89. The molecule has 96 valence electrons. The highest BCUT2D eigenvalue weighted by molar-refractivity contribution is 8.01. The maximum absolute atomic E-state index is 12.0. The van der Waals surface area contributed by atoms with Crippen LogP contribution in [0.3, 0.4) is 0 Å². The van der Waals surface area contributed by atoms with Crippen molar-refractivity contribution < 1.29 is 4.79 Å². The van der Waals surface area contributed by atoms with Gasteiger partial charge in [0.15, 0.2) is 4.34 Å². The van der Waals surface area contributed by atoms with Crippen LogP contribution < -0.4 is 5.32 Å². The van der Waals surface area contributed by atoms with Crippen LogP contribution in [0, 0.1) is 19.3 Å². The Morgan fingerprint density at radius 1 is 1.53 bits per heavy atom. The lowest BCUT2D eigenvalue weighted by molar-refractivity contribution is 0.102. The Morgan fingerprint density at radius 3 is 3.11 bits per heavy atom. The molecule has 0 unspecified atom stereocenters. The van der Waals surface area contributed by atoms with Gasteiger partial charge in [-0.2, -0.15) is 0 Å². The van der Waals surface area contributed by atoms with Gasteiger partial charge in [-0.15, -0.1) is 16.6 Å². The maximum Gasteiger partial charge on any atom is 0.257 e. The summed E-state index contributed by atoms with van der Waals surface area (Å²) >= 11 is 2.74. The lowest BCUT2D eigenvalue weighted by Crippen LogP contribution is -2.11. The molecule has 6 heteroatoms. The molecule has 0 aliphatic carbocycles. The van der Waals surface area contributed by atoms with Crippen LogP contribution >= 0.6 is 23.1 Å². The molecule has 0 aliphatic rings. The number of carbonyl (C=O) groups is 1. The lowest BCUT2D eigenvalue weighted by atomic mass is 10.1. The van der Waals surface area contributed by atoms with Crippen molar-refractivity contribution in [2.75, 3.05) is 11.1 Å². The van der Waals surface area contributed by atoms with Crippen molar-refractivity contribution in [3.63, 3.8) is 0 Å². The molecule has 1 N–H and O–H groups in total. The molecule has 0 spiro atoms. The summed E-state index contributed by atoms with van der Waals surface area (Å²) in [5, 5.41) is 11.0. The molecule has 1 aromatic carbocycles.